The monoisotopic (exact) mass is 556 g/mol. The van der Waals surface area contributed by atoms with Crippen molar-refractivity contribution < 1.29 is 19.4 Å². The fourth-order valence-corrected chi connectivity index (χ4v) is 5.53. The number of pyridine rings is 1. The number of nitrogens with one attached hydrogen (secondary N) is 2. The number of carbonyl (C=O) groups is 2. The van der Waals surface area contributed by atoms with Crippen LogP contribution in [0, 0.1) is 0 Å². The van der Waals surface area contributed by atoms with Gasteiger partial charge in [0.2, 0.25) is 5.88 Å². The van der Waals surface area contributed by atoms with Crippen molar-refractivity contribution in [3.05, 3.63) is 71.8 Å². The topological polar surface area (TPSA) is 160 Å². The third kappa shape index (κ3) is 5.64. The van der Waals surface area contributed by atoms with Gasteiger partial charge in [-0.3, -0.25) is 14.0 Å². The van der Waals surface area contributed by atoms with Crippen molar-refractivity contribution in [2.75, 3.05) is 36.5 Å². The molecule has 0 radical (unpaired) electrons. The Kier molecular flexibility index (Phi) is 7.38. The second-order valence-electron chi connectivity index (χ2n) is 10.4. The van der Waals surface area contributed by atoms with E-state index in [2.05, 4.69) is 32.7 Å². The smallest absolute Gasteiger partial charge is 0.271 e. The molecule has 1 atom stereocenters. The zero-order valence-corrected chi connectivity index (χ0v) is 22.5. The number of nitrogens with two attached hydrogens (primary N) is 1. The highest BCUT2D eigenvalue weighted by Gasteiger charge is 2.26. The van der Waals surface area contributed by atoms with Crippen molar-refractivity contribution in [2.45, 2.75) is 37.6 Å². The highest BCUT2D eigenvalue weighted by molar-refractivity contribution is 5.97. The van der Waals surface area contributed by atoms with Gasteiger partial charge in [0, 0.05) is 50.4 Å². The van der Waals surface area contributed by atoms with Crippen LogP contribution < -0.4 is 21.3 Å². The molecular weight excluding hydrogens is 524 g/mol. The van der Waals surface area contributed by atoms with E-state index in [1.54, 1.807) is 24.5 Å². The molecule has 1 aromatic carbocycles. The van der Waals surface area contributed by atoms with Gasteiger partial charge in [-0.25, -0.2) is 15.0 Å². The maximum atomic E-state index is 13.0. The van der Waals surface area contributed by atoms with Crippen LogP contribution in [0.3, 0.4) is 0 Å². The number of primary amides is 1. The highest BCUT2D eigenvalue weighted by atomic mass is 16.5. The lowest BCUT2D eigenvalue weighted by Gasteiger charge is -2.34. The first-order chi connectivity index (χ1) is 20.0. The van der Waals surface area contributed by atoms with Crippen LogP contribution in [0.5, 0.6) is 5.88 Å². The number of fused-ring (bicyclic) bond motifs is 1. The molecule has 5 N–H and O–H groups in total. The van der Waals surface area contributed by atoms with Gasteiger partial charge in [0.05, 0.1) is 11.8 Å². The quantitative estimate of drug-likeness (QED) is 0.268. The molecular formula is C29H32N8O4. The number of aromatic hydroxyl groups is 1. The summed E-state index contributed by atoms with van der Waals surface area (Å²) in [6, 6.07) is 11.2. The maximum absolute atomic E-state index is 13.0. The Hall–Kier alpha value is -4.71. The average molecular weight is 557 g/mol. The summed E-state index contributed by atoms with van der Waals surface area (Å²) >= 11 is 0. The number of piperidine rings is 1. The molecule has 2 aliphatic heterocycles. The minimum atomic E-state index is -0.677. The van der Waals surface area contributed by atoms with Gasteiger partial charge in [-0.15, -0.1) is 0 Å². The molecule has 2 amide bonds. The molecule has 0 bridgehead atoms. The highest BCUT2D eigenvalue weighted by Crippen LogP contribution is 2.29. The predicted octanol–water partition coefficient (Wildman–Crippen LogP) is 2.97. The second kappa shape index (κ2) is 11.4. The molecule has 12 nitrogen and oxygen atoms in total. The van der Waals surface area contributed by atoms with E-state index in [0.717, 1.165) is 44.6 Å². The maximum Gasteiger partial charge on any atom is 0.271 e. The molecule has 0 aliphatic carbocycles. The van der Waals surface area contributed by atoms with E-state index in [1.165, 1.54) is 16.2 Å². The van der Waals surface area contributed by atoms with Gasteiger partial charge in [0.15, 0.2) is 11.5 Å². The van der Waals surface area contributed by atoms with Crippen LogP contribution in [0.1, 0.15) is 58.0 Å². The Bertz CT molecular complexity index is 1570. The molecule has 41 heavy (non-hydrogen) atoms. The molecule has 212 valence electrons. The molecule has 4 aromatic rings. The Labute approximate surface area is 236 Å². The molecule has 2 fully saturated rings. The zero-order valence-electron chi connectivity index (χ0n) is 22.5. The van der Waals surface area contributed by atoms with Crippen LogP contribution in [0.25, 0.3) is 5.65 Å². The SMILES string of the molecule is NC(=O)c1ncc(N2CCCC(NC(=O)c3ccc4nccn4c3O)C2)nc1Nc1ccc(C2CCOCC2)cc1. The fraction of sp³-hybridized carbons (Fsp3) is 0.345. The van der Waals surface area contributed by atoms with Crippen molar-refractivity contribution in [1.82, 2.24) is 24.7 Å². The van der Waals surface area contributed by atoms with Crippen molar-refractivity contribution in [3.8, 4) is 5.88 Å². The summed E-state index contributed by atoms with van der Waals surface area (Å²) in [5.41, 5.74) is 8.42. The average Bonchev–Trinajstić information content (AvgIpc) is 3.48. The van der Waals surface area contributed by atoms with E-state index in [0.29, 0.717) is 30.5 Å². The van der Waals surface area contributed by atoms with Gasteiger partial charge in [-0.2, -0.15) is 0 Å². The van der Waals surface area contributed by atoms with E-state index in [-0.39, 0.29) is 34.9 Å². The Morgan fingerprint density at radius 2 is 1.85 bits per heavy atom. The van der Waals surface area contributed by atoms with Crippen molar-refractivity contribution in [2.24, 2.45) is 5.73 Å². The number of imidazole rings is 1. The number of nitrogens with zero attached hydrogens (tertiary/aromatic N) is 5. The zero-order chi connectivity index (χ0) is 28.3. The van der Waals surface area contributed by atoms with Gasteiger partial charge >= 0.3 is 0 Å². The van der Waals surface area contributed by atoms with Crippen LogP contribution in [0.2, 0.25) is 0 Å². The Morgan fingerprint density at radius 1 is 1.05 bits per heavy atom. The first-order valence-electron chi connectivity index (χ1n) is 13.8. The third-order valence-electron chi connectivity index (χ3n) is 7.72. The lowest BCUT2D eigenvalue weighted by atomic mass is 9.92. The van der Waals surface area contributed by atoms with E-state index < -0.39 is 5.91 Å². The standard InChI is InChI=1S/C29H32N8O4/c30-26(38)25-27(33-20-5-3-18(4-6-20)19-9-14-41-15-10-19)35-24(16-32-25)36-12-1-2-21(17-36)34-28(39)22-7-8-23-31-11-13-37(23)29(22)40/h3-8,11,13,16,19,21,40H,1-2,9-10,12,14-15,17H2,(H2,30,38)(H,33,35)(H,34,39). The summed E-state index contributed by atoms with van der Waals surface area (Å²) in [6.45, 7) is 2.76. The molecule has 3 aromatic heterocycles. The molecule has 1 unspecified atom stereocenters. The molecule has 2 saturated heterocycles. The number of benzene rings is 1. The van der Waals surface area contributed by atoms with Crippen LogP contribution in [0.4, 0.5) is 17.3 Å². The summed E-state index contributed by atoms with van der Waals surface area (Å²) in [7, 11) is 0. The number of rotatable bonds is 7. The molecule has 0 saturated carbocycles. The minimum Gasteiger partial charge on any atom is -0.494 e. The van der Waals surface area contributed by atoms with Gasteiger partial charge in [-0.1, -0.05) is 12.1 Å². The van der Waals surface area contributed by atoms with Gasteiger partial charge in [0.1, 0.15) is 11.5 Å². The molecule has 2 aliphatic rings. The summed E-state index contributed by atoms with van der Waals surface area (Å²) < 4.78 is 6.94. The number of ether oxygens (including phenoxy) is 1. The lowest BCUT2D eigenvalue weighted by Crippen LogP contribution is -2.48. The molecule has 0 spiro atoms. The largest absolute Gasteiger partial charge is 0.494 e. The summed E-state index contributed by atoms with van der Waals surface area (Å²) in [5, 5.41) is 16.8. The Morgan fingerprint density at radius 3 is 2.63 bits per heavy atom. The van der Waals surface area contributed by atoms with E-state index >= 15 is 0 Å². The summed E-state index contributed by atoms with van der Waals surface area (Å²) in [6.07, 6.45) is 8.29. The van der Waals surface area contributed by atoms with Crippen molar-refractivity contribution >= 4 is 34.8 Å². The van der Waals surface area contributed by atoms with Crippen LogP contribution >= 0.6 is 0 Å². The number of hydrogen-bond donors (Lipinski definition) is 4. The van der Waals surface area contributed by atoms with Crippen LogP contribution in [0.15, 0.2) is 55.0 Å². The van der Waals surface area contributed by atoms with Gasteiger partial charge < -0.3 is 31.1 Å². The predicted molar refractivity (Wildman–Crippen MR) is 153 cm³/mol. The molecule has 12 heteroatoms. The first kappa shape index (κ1) is 26.5. The number of hydrogen-bond acceptors (Lipinski definition) is 9. The first-order valence-corrected chi connectivity index (χ1v) is 13.8. The minimum absolute atomic E-state index is 0.0505. The molecule has 5 heterocycles. The third-order valence-corrected chi connectivity index (χ3v) is 7.72. The lowest BCUT2D eigenvalue weighted by molar-refractivity contribution is 0.0853. The fourth-order valence-electron chi connectivity index (χ4n) is 5.53. The van der Waals surface area contributed by atoms with Crippen LogP contribution in [-0.2, 0) is 4.74 Å². The van der Waals surface area contributed by atoms with Crippen molar-refractivity contribution in [1.29, 1.82) is 0 Å². The van der Waals surface area contributed by atoms with E-state index in [9.17, 15) is 14.7 Å². The Balaban J connectivity index is 1.16. The van der Waals surface area contributed by atoms with E-state index in [4.69, 9.17) is 15.5 Å². The van der Waals surface area contributed by atoms with Gasteiger partial charge in [-0.05, 0) is 61.4 Å². The van der Waals surface area contributed by atoms with Gasteiger partial charge in [0.25, 0.3) is 11.8 Å². The number of aromatic nitrogens is 4. The number of carbonyl (C=O) groups excluding carboxylic acids is 2. The summed E-state index contributed by atoms with van der Waals surface area (Å²) in [4.78, 5) is 40.3. The number of amides is 2. The molecule has 6 rings (SSSR count). The van der Waals surface area contributed by atoms with Crippen molar-refractivity contribution in [3.63, 3.8) is 0 Å². The second-order valence-corrected chi connectivity index (χ2v) is 10.4. The van der Waals surface area contributed by atoms with Crippen LogP contribution in [-0.4, -0.2) is 68.6 Å². The van der Waals surface area contributed by atoms with E-state index in [1.807, 2.05) is 17.0 Å². The number of anilines is 3. The normalized spacial score (nSPS) is 17.9. The summed E-state index contributed by atoms with van der Waals surface area (Å²) in [5.74, 6) is 0.119.